The number of hydrogen-bond donors (Lipinski definition) is 3. The minimum Gasteiger partial charge on any atom is -0.512 e. The van der Waals surface area contributed by atoms with Crippen LogP contribution in [-0.2, 0) is 0 Å². The Balaban J connectivity index is 3.92. The maximum Gasteiger partial charge on any atom is 0.0924 e. The molecule has 4 N–H and O–H groups in total. The summed E-state index contributed by atoms with van der Waals surface area (Å²) in [6, 6.07) is 0. The van der Waals surface area contributed by atoms with Gasteiger partial charge in [-0.05, 0) is 0 Å². The molecule has 0 unspecified atom stereocenters. The van der Waals surface area contributed by atoms with E-state index in [0.29, 0.717) is 12.4 Å². The fourth-order valence-corrected chi connectivity index (χ4v) is 0.437. The van der Waals surface area contributed by atoms with E-state index < -0.39 is 0 Å². The van der Waals surface area contributed by atoms with Crippen molar-refractivity contribution in [3.05, 3.63) is 24.7 Å². The van der Waals surface area contributed by atoms with Crippen LogP contribution in [0.2, 0.25) is 0 Å². The molecule has 0 aromatic rings. The second-order valence-corrected chi connectivity index (χ2v) is 3.21. The zero-order valence-electron chi connectivity index (χ0n) is 7.15. The predicted molar refractivity (Wildman–Crippen MR) is 46.9 cm³/mol. The van der Waals surface area contributed by atoms with Gasteiger partial charge in [-0.25, -0.2) is 0 Å². The minimum absolute atomic E-state index is 0.145. The van der Waals surface area contributed by atoms with Gasteiger partial charge in [0.1, 0.15) is 0 Å². The molecule has 0 heterocycles. The average Bonchev–Trinajstić information content (AvgIpc) is 1.84. The lowest BCUT2D eigenvalue weighted by molar-refractivity contribution is 0.257. The first-order chi connectivity index (χ1) is 4.86. The lowest BCUT2D eigenvalue weighted by Crippen LogP contribution is -2.32. The van der Waals surface area contributed by atoms with E-state index in [9.17, 15) is 0 Å². The second-order valence-electron chi connectivity index (χ2n) is 3.21. The summed E-state index contributed by atoms with van der Waals surface area (Å²) in [5.74, 6) is 0.547. The minimum atomic E-state index is -0.359. The molecule has 64 valence electrons. The summed E-state index contributed by atoms with van der Waals surface area (Å²) in [6.07, 6.45) is 0. The molecule has 3 heteroatoms. The summed E-state index contributed by atoms with van der Waals surface area (Å²) in [5.41, 5.74) is 4.92. The number of nitrogens with one attached hydrogen (secondary N) is 1. The summed E-state index contributed by atoms with van der Waals surface area (Å²) < 4.78 is 0. The molecule has 0 rings (SSSR count). The molecule has 0 amide bonds. The van der Waals surface area contributed by atoms with Crippen LogP contribution in [0.1, 0.15) is 13.8 Å². The third kappa shape index (κ3) is 3.55. The van der Waals surface area contributed by atoms with Crippen molar-refractivity contribution in [1.29, 1.82) is 0 Å². The fourth-order valence-electron chi connectivity index (χ4n) is 0.437. The fraction of sp³-hybridized carbons (Fsp3) is 0.500. The number of aliphatic hydroxyl groups excluding tert-OH is 1. The topological polar surface area (TPSA) is 58.3 Å². The van der Waals surface area contributed by atoms with Crippen LogP contribution in [0.15, 0.2) is 24.7 Å². The van der Waals surface area contributed by atoms with Gasteiger partial charge in [0.15, 0.2) is 0 Å². The summed E-state index contributed by atoms with van der Waals surface area (Å²) in [7, 11) is 0. The number of nitrogens with two attached hydrogens (primary N) is 1. The van der Waals surface area contributed by atoms with Crippen molar-refractivity contribution in [1.82, 2.24) is 5.32 Å². The van der Waals surface area contributed by atoms with E-state index in [-0.39, 0.29) is 11.2 Å². The van der Waals surface area contributed by atoms with E-state index >= 15 is 0 Å². The van der Waals surface area contributed by atoms with E-state index in [4.69, 9.17) is 10.8 Å². The largest absolute Gasteiger partial charge is 0.512 e. The van der Waals surface area contributed by atoms with Gasteiger partial charge < -0.3 is 16.2 Å². The molecule has 0 atom stereocenters. The summed E-state index contributed by atoms with van der Waals surface area (Å²) in [5, 5.41) is 11.9. The summed E-state index contributed by atoms with van der Waals surface area (Å²) >= 11 is 0. The number of hydrogen-bond acceptors (Lipinski definition) is 3. The maximum atomic E-state index is 9.09. The molecule has 0 radical (unpaired) electrons. The van der Waals surface area contributed by atoms with Gasteiger partial charge in [0.2, 0.25) is 0 Å². The van der Waals surface area contributed by atoms with Gasteiger partial charge in [0.05, 0.1) is 11.6 Å². The van der Waals surface area contributed by atoms with Crippen LogP contribution >= 0.6 is 0 Å². The number of aliphatic hydroxyl groups is 1. The Kier molecular flexibility index (Phi) is 2.99. The molecule has 0 aliphatic rings. The molecule has 0 aliphatic carbocycles. The molecule has 0 aliphatic heterocycles. The Labute approximate surface area is 67.6 Å². The Bertz CT molecular complexity index is 173. The van der Waals surface area contributed by atoms with Crippen LogP contribution in [0, 0.1) is 5.41 Å². The maximum absolute atomic E-state index is 9.09. The molecule has 0 bridgehead atoms. The normalized spacial score (nSPS) is 10.7. The van der Waals surface area contributed by atoms with Crippen molar-refractivity contribution in [2.45, 2.75) is 13.8 Å². The van der Waals surface area contributed by atoms with E-state index in [0.717, 1.165) is 0 Å². The Hall–Kier alpha value is -1.12. The van der Waals surface area contributed by atoms with Crippen molar-refractivity contribution < 1.29 is 5.11 Å². The zero-order chi connectivity index (χ0) is 9.07. The summed E-state index contributed by atoms with van der Waals surface area (Å²) in [4.78, 5) is 0. The zero-order valence-corrected chi connectivity index (χ0v) is 7.15. The van der Waals surface area contributed by atoms with Crippen LogP contribution in [-0.4, -0.2) is 11.7 Å². The first kappa shape index (κ1) is 9.88. The van der Waals surface area contributed by atoms with Gasteiger partial charge in [-0.15, -0.1) is 0 Å². The molecule has 0 saturated heterocycles. The summed E-state index contributed by atoms with van der Waals surface area (Å²) in [6.45, 7) is 11.2. The van der Waals surface area contributed by atoms with Gasteiger partial charge >= 0.3 is 0 Å². The lowest BCUT2D eigenvalue weighted by Gasteiger charge is -2.23. The van der Waals surface area contributed by atoms with Crippen LogP contribution in [0.5, 0.6) is 0 Å². The van der Waals surface area contributed by atoms with Crippen molar-refractivity contribution in [2.24, 2.45) is 11.1 Å². The van der Waals surface area contributed by atoms with Crippen LogP contribution in [0.3, 0.4) is 0 Å². The molecular formula is C8H16N2O. The Morgan fingerprint density at radius 1 is 1.55 bits per heavy atom. The van der Waals surface area contributed by atoms with Gasteiger partial charge in [-0.3, -0.25) is 0 Å². The highest BCUT2D eigenvalue weighted by atomic mass is 16.3. The van der Waals surface area contributed by atoms with Gasteiger partial charge in [-0.2, -0.15) is 0 Å². The number of rotatable bonds is 4. The molecule has 11 heavy (non-hydrogen) atoms. The molecule has 0 aromatic carbocycles. The highest BCUT2D eigenvalue weighted by molar-refractivity contribution is 4.99. The molecule has 0 saturated carbocycles. The standard InChI is InChI=1S/C8H16N2O/c1-6(11)8(3,4)5-10-7(2)9/h10-11H,1-2,5,9H2,3-4H3. The van der Waals surface area contributed by atoms with Crippen molar-refractivity contribution >= 4 is 0 Å². The Morgan fingerprint density at radius 2 is 2.00 bits per heavy atom. The van der Waals surface area contributed by atoms with Crippen molar-refractivity contribution in [3.8, 4) is 0 Å². The SMILES string of the molecule is C=C(N)NCC(C)(C)C(=C)O. The smallest absolute Gasteiger partial charge is 0.0924 e. The second kappa shape index (κ2) is 3.32. The first-order valence-corrected chi connectivity index (χ1v) is 3.43. The van der Waals surface area contributed by atoms with Gasteiger partial charge in [-0.1, -0.05) is 27.0 Å². The quantitative estimate of drug-likeness (QED) is 0.534. The lowest BCUT2D eigenvalue weighted by atomic mass is 9.92. The highest BCUT2D eigenvalue weighted by Crippen LogP contribution is 2.20. The van der Waals surface area contributed by atoms with Gasteiger partial charge in [0, 0.05) is 12.0 Å². The van der Waals surface area contributed by atoms with Crippen LogP contribution in [0.4, 0.5) is 0 Å². The molecule has 0 fully saturated rings. The molecule has 3 nitrogen and oxygen atoms in total. The molecule has 0 aromatic heterocycles. The third-order valence-electron chi connectivity index (χ3n) is 1.54. The monoisotopic (exact) mass is 156 g/mol. The first-order valence-electron chi connectivity index (χ1n) is 3.43. The average molecular weight is 156 g/mol. The van der Waals surface area contributed by atoms with E-state index in [1.54, 1.807) is 0 Å². The Morgan fingerprint density at radius 3 is 2.27 bits per heavy atom. The highest BCUT2D eigenvalue weighted by Gasteiger charge is 2.20. The van der Waals surface area contributed by atoms with Crippen LogP contribution in [0.25, 0.3) is 0 Å². The van der Waals surface area contributed by atoms with E-state index in [1.807, 2.05) is 13.8 Å². The third-order valence-corrected chi connectivity index (χ3v) is 1.54. The van der Waals surface area contributed by atoms with Crippen molar-refractivity contribution in [3.63, 3.8) is 0 Å². The molecule has 0 spiro atoms. The van der Waals surface area contributed by atoms with Crippen molar-refractivity contribution in [2.75, 3.05) is 6.54 Å². The molecular weight excluding hydrogens is 140 g/mol. The predicted octanol–water partition coefficient (Wildman–Crippen LogP) is 1.10. The van der Waals surface area contributed by atoms with Crippen LogP contribution < -0.4 is 11.1 Å². The van der Waals surface area contributed by atoms with Gasteiger partial charge in [0.25, 0.3) is 0 Å². The van der Waals surface area contributed by atoms with E-state index in [2.05, 4.69) is 18.5 Å². The van der Waals surface area contributed by atoms with E-state index in [1.165, 1.54) is 0 Å².